The van der Waals surface area contributed by atoms with Crippen molar-refractivity contribution >= 4 is 37.7 Å². The molecule has 0 bridgehead atoms. The molecule has 39 heavy (non-hydrogen) atoms. The molecule has 13 heteroatoms. The number of halogens is 6. The van der Waals surface area contributed by atoms with Crippen molar-refractivity contribution in [3.05, 3.63) is 41.5 Å². The van der Waals surface area contributed by atoms with E-state index in [2.05, 4.69) is 0 Å². The third-order valence-corrected chi connectivity index (χ3v) is 7.80. The van der Waals surface area contributed by atoms with Crippen LogP contribution >= 0.6 is 0 Å². The SMILES string of the molecule is CC(C)(C)OC(=O)N1CCC[C@@H](n2c3ccc(C(F)(F)F)cc3c3c(S(C)(=O)=O)c(C(F)(F)F)ccc32)CC1. The summed E-state index contributed by atoms with van der Waals surface area (Å²) in [5.41, 5.74) is -3.01. The second-order valence-electron chi connectivity index (χ2n) is 10.8. The molecule has 0 radical (unpaired) electrons. The number of carbonyl (C=O) groups excluding carboxylic acids is 1. The molecule has 1 amide bonds. The summed E-state index contributed by atoms with van der Waals surface area (Å²) in [6, 6.07) is 4.02. The first-order valence-electron chi connectivity index (χ1n) is 12.2. The number of aromatic nitrogens is 1. The fourth-order valence-corrected chi connectivity index (χ4v) is 6.30. The van der Waals surface area contributed by atoms with Crippen LogP contribution < -0.4 is 0 Å². The maximum Gasteiger partial charge on any atom is 0.417 e. The molecule has 1 saturated heterocycles. The third-order valence-electron chi connectivity index (χ3n) is 6.64. The van der Waals surface area contributed by atoms with Gasteiger partial charge in [0.25, 0.3) is 0 Å². The van der Waals surface area contributed by atoms with Crippen LogP contribution in [-0.4, -0.2) is 48.9 Å². The van der Waals surface area contributed by atoms with Crippen molar-refractivity contribution in [2.24, 2.45) is 0 Å². The molecule has 3 aromatic rings. The number of hydrogen-bond acceptors (Lipinski definition) is 4. The van der Waals surface area contributed by atoms with E-state index in [9.17, 15) is 39.6 Å². The minimum Gasteiger partial charge on any atom is -0.444 e. The van der Waals surface area contributed by atoms with Crippen LogP contribution in [0.5, 0.6) is 0 Å². The van der Waals surface area contributed by atoms with Crippen LogP contribution in [0.4, 0.5) is 31.1 Å². The molecule has 1 fully saturated rings. The lowest BCUT2D eigenvalue weighted by Crippen LogP contribution is -2.37. The number of rotatable bonds is 2. The summed E-state index contributed by atoms with van der Waals surface area (Å²) in [7, 11) is -4.53. The molecule has 1 aliphatic heterocycles. The van der Waals surface area contributed by atoms with Crippen LogP contribution in [0.1, 0.15) is 57.2 Å². The van der Waals surface area contributed by atoms with Gasteiger partial charge in [0.2, 0.25) is 0 Å². The van der Waals surface area contributed by atoms with Crippen LogP contribution in [0.3, 0.4) is 0 Å². The van der Waals surface area contributed by atoms with Crippen LogP contribution in [0.15, 0.2) is 35.2 Å². The summed E-state index contributed by atoms with van der Waals surface area (Å²) in [4.78, 5) is 13.1. The van der Waals surface area contributed by atoms with Crippen molar-refractivity contribution in [1.82, 2.24) is 9.47 Å². The Morgan fingerprint density at radius 1 is 0.923 bits per heavy atom. The van der Waals surface area contributed by atoms with Gasteiger partial charge in [-0.1, -0.05) is 0 Å². The molecule has 0 spiro atoms. The maximum atomic E-state index is 13.9. The quantitative estimate of drug-likeness (QED) is 0.302. The number of benzene rings is 2. The zero-order valence-corrected chi connectivity index (χ0v) is 22.5. The summed E-state index contributed by atoms with van der Waals surface area (Å²) >= 11 is 0. The van der Waals surface area contributed by atoms with Crippen molar-refractivity contribution in [3.8, 4) is 0 Å². The number of carbonyl (C=O) groups is 1. The Labute approximate surface area is 221 Å². The number of fused-ring (bicyclic) bond motifs is 3. The van der Waals surface area contributed by atoms with Gasteiger partial charge in [-0.15, -0.1) is 0 Å². The van der Waals surface area contributed by atoms with Crippen LogP contribution in [0, 0.1) is 0 Å². The van der Waals surface area contributed by atoms with Crippen LogP contribution in [0.2, 0.25) is 0 Å². The maximum absolute atomic E-state index is 13.9. The molecule has 1 aromatic heterocycles. The number of likely N-dealkylation sites (tertiary alicyclic amines) is 1. The standard InChI is InChI=1S/C26H28F6N2O4S/c1-24(2,3)38-23(35)33-12-5-6-16(11-13-33)34-19-9-7-15(25(27,28)29)14-17(19)21-20(34)10-8-18(26(30,31)32)22(21)39(4,36)37/h7-10,14,16H,5-6,11-13H2,1-4H3/t16-/m1/s1. The monoisotopic (exact) mass is 578 g/mol. The lowest BCUT2D eigenvalue weighted by atomic mass is 10.1. The van der Waals surface area contributed by atoms with Gasteiger partial charge in [0.1, 0.15) is 5.60 Å². The third kappa shape index (κ3) is 5.82. The molecule has 2 aromatic carbocycles. The Morgan fingerprint density at radius 2 is 1.56 bits per heavy atom. The molecular weight excluding hydrogens is 550 g/mol. The molecule has 214 valence electrons. The normalized spacial score (nSPS) is 18.0. The minimum atomic E-state index is -5.06. The summed E-state index contributed by atoms with van der Waals surface area (Å²) in [5.74, 6) is 0. The van der Waals surface area contributed by atoms with E-state index >= 15 is 0 Å². The Bertz CT molecular complexity index is 1530. The Morgan fingerprint density at radius 3 is 2.13 bits per heavy atom. The van der Waals surface area contributed by atoms with Crippen LogP contribution in [-0.2, 0) is 26.9 Å². The smallest absolute Gasteiger partial charge is 0.417 e. The fourth-order valence-electron chi connectivity index (χ4n) is 5.13. The summed E-state index contributed by atoms with van der Waals surface area (Å²) in [6.07, 6.45) is -8.49. The van der Waals surface area contributed by atoms with Gasteiger partial charge in [-0.25, -0.2) is 13.2 Å². The van der Waals surface area contributed by atoms with E-state index in [-0.39, 0.29) is 23.0 Å². The summed E-state index contributed by atoms with van der Waals surface area (Å²) in [5, 5.41) is -0.638. The molecule has 2 heterocycles. The Kier molecular flexibility index (Phi) is 7.15. The van der Waals surface area contributed by atoms with E-state index in [0.29, 0.717) is 44.2 Å². The average Bonchev–Trinajstić information content (AvgIpc) is 2.91. The van der Waals surface area contributed by atoms with E-state index < -0.39 is 61.3 Å². The average molecular weight is 579 g/mol. The molecule has 6 nitrogen and oxygen atoms in total. The second-order valence-corrected chi connectivity index (χ2v) is 12.7. The summed E-state index contributed by atoms with van der Waals surface area (Å²) in [6.45, 7) is 5.78. The molecule has 0 N–H and O–H groups in total. The topological polar surface area (TPSA) is 68.6 Å². The van der Waals surface area contributed by atoms with E-state index in [0.717, 1.165) is 18.2 Å². The van der Waals surface area contributed by atoms with Crippen molar-refractivity contribution in [1.29, 1.82) is 0 Å². The zero-order chi connectivity index (χ0) is 29.1. The number of sulfone groups is 1. The molecule has 1 aliphatic rings. The van der Waals surface area contributed by atoms with E-state index in [1.807, 2.05) is 0 Å². The highest BCUT2D eigenvalue weighted by molar-refractivity contribution is 7.91. The lowest BCUT2D eigenvalue weighted by molar-refractivity contribution is -0.140. The molecular formula is C26H28F6N2O4S. The van der Waals surface area contributed by atoms with Crippen molar-refractivity contribution < 1.29 is 44.3 Å². The van der Waals surface area contributed by atoms with Gasteiger partial charge in [-0.3, -0.25) is 0 Å². The van der Waals surface area contributed by atoms with Crippen LogP contribution in [0.25, 0.3) is 21.8 Å². The fraction of sp³-hybridized carbons (Fsp3) is 0.500. The highest BCUT2D eigenvalue weighted by atomic mass is 32.2. The Balaban J connectivity index is 1.95. The molecule has 4 rings (SSSR count). The number of amides is 1. The van der Waals surface area contributed by atoms with Gasteiger partial charge in [-0.2, -0.15) is 26.3 Å². The van der Waals surface area contributed by atoms with Gasteiger partial charge in [0.15, 0.2) is 9.84 Å². The number of hydrogen-bond donors (Lipinski definition) is 0. The van der Waals surface area contributed by atoms with Gasteiger partial charge in [0, 0.05) is 41.7 Å². The van der Waals surface area contributed by atoms with Crippen molar-refractivity contribution in [2.45, 2.75) is 68.9 Å². The lowest BCUT2D eigenvalue weighted by Gasteiger charge is -2.26. The molecule has 0 aliphatic carbocycles. The number of alkyl halides is 6. The largest absolute Gasteiger partial charge is 0.444 e. The predicted octanol–water partition coefficient (Wildman–Crippen LogP) is 7.20. The second kappa shape index (κ2) is 9.60. The first kappa shape index (κ1) is 29.0. The summed E-state index contributed by atoms with van der Waals surface area (Å²) < 4.78 is 115. The van der Waals surface area contributed by atoms with E-state index in [1.54, 1.807) is 25.3 Å². The zero-order valence-electron chi connectivity index (χ0n) is 21.7. The number of ether oxygens (including phenoxy) is 1. The van der Waals surface area contributed by atoms with Gasteiger partial charge >= 0.3 is 18.4 Å². The molecule has 0 unspecified atom stereocenters. The highest BCUT2D eigenvalue weighted by Crippen LogP contribution is 2.45. The van der Waals surface area contributed by atoms with Gasteiger partial charge in [0.05, 0.1) is 21.5 Å². The highest BCUT2D eigenvalue weighted by Gasteiger charge is 2.39. The molecule has 1 atom stereocenters. The minimum absolute atomic E-state index is 0.0773. The van der Waals surface area contributed by atoms with Crippen molar-refractivity contribution in [3.63, 3.8) is 0 Å². The van der Waals surface area contributed by atoms with E-state index in [4.69, 9.17) is 4.74 Å². The molecule has 0 saturated carbocycles. The first-order valence-corrected chi connectivity index (χ1v) is 14.1. The van der Waals surface area contributed by atoms with E-state index in [1.165, 1.54) is 4.90 Å². The van der Waals surface area contributed by atoms with Gasteiger partial charge in [-0.05, 0) is 70.4 Å². The Hall–Kier alpha value is -2.96. The predicted molar refractivity (Wildman–Crippen MR) is 133 cm³/mol. The van der Waals surface area contributed by atoms with Gasteiger partial charge < -0.3 is 14.2 Å². The first-order chi connectivity index (χ1) is 17.8. The number of nitrogens with zero attached hydrogens (tertiary/aromatic N) is 2. The van der Waals surface area contributed by atoms with Crippen molar-refractivity contribution in [2.75, 3.05) is 19.3 Å².